The van der Waals surface area contributed by atoms with E-state index in [-0.39, 0.29) is 0 Å². The van der Waals surface area contributed by atoms with Crippen molar-refractivity contribution in [2.75, 3.05) is 26.4 Å². The van der Waals surface area contributed by atoms with E-state index in [0.29, 0.717) is 26.4 Å². The lowest BCUT2D eigenvalue weighted by atomic mass is 9.84. The second kappa shape index (κ2) is 22.7. The van der Waals surface area contributed by atoms with Gasteiger partial charge < -0.3 is 29.2 Å². The quantitative estimate of drug-likeness (QED) is 0.141. The molecule has 1 saturated carbocycles. The summed E-state index contributed by atoms with van der Waals surface area (Å²) in [5, 5.41) is 22.3. The largest absolute Gasteiger partial charge is 0.387 e. The van der Waals surface area contributed by atoms with Gasteiger partial charge in [0.25, 0.3) is 0 Å². The molecule has 6 nitrogen and oxygen atoms in total. The average Bonchev–Trinajstić information content (AvgIpc) is 2.88. The second-order valence-corrected chi connectivity index (χ2v) is 10.6. The fraction of sp³-hybridized carbons (Fsp3) is 1.00. The van der Waals surface area contributed by atoms with E-state index in [2.05, 4.69) is 27.7 Å². The number of unbranched alkanes of at least 4 members (excludes halogenated alkanes) is 12. The summed E-state index contributed by atoms with van der Waals surface area (Å²) in [6.07, 6.45) is 13.4. The first-order valence-corrected chi connectivity index (χ1v) is 15.4. The lowest BCUT2D eigenvalue weighted by Gasteiger charge is -2.47. The van der Waals surface area contributed by atoms with Gasteiger partial charge in [0.1, 0.15) is 36.6 Å². The van der Waals surface area contributed by atoms with Crippen LogP contribution in [0.2, 0.25) is 0 Å². The number of hydrogen-bond acceptors (Lipinski definition) is 6. The standard InChI is InChI=1S/C30H60O6/c1-5-9-13-17-21-33-27-25(31)26(32)28(34-22-18-14-10-6-2)30(36-24-20-16-12-8-4)29(27)35-23-19-15-11-7-3/h25-32H,5-24H2,1-4H3/t25-,26+,27-,28-,29+,30+/m1/s1. The van der Waals surface area contributed by atoms with Gasteiger partial charge in [-0.3, -0.25) is 0 Å². The van der Waals surface area contributed by atoms with Gasteiger partial charge in [0.05, 0.1) is 0 Å². The fourth-order valence-corrected chi connectivity index (χ4v) is 4.91. The number of aliphatic hydroxyl groups is 2. The highest BCUT2D eigenvalue weighted by atomic mass is 16.6. The molecule has 0 amide bonds. The van der Waals surface area contributed by atoms with E-state index in [4.69, 9.17) is 18.9 Å². The molecule has 0 aromatic carbocycles. The normalized spacial score (nSPS) is 26.5. The molecule has 36 heavy (non-hydrogen) atoms. The highest BCUT2D eigenvalue weighted by Gasteiger charge is 2.52. The molecule has 6 heteroatoms. The van der Waals surface area contributed by atoms with Crippen LogP contribution in [0.25, 0.3) is 0 Å². The lowest BCUT2D eigenvalue weighted by Crippen LogP contribution is -2.66. The zero-order chi connectivity index (χ0) is 26.4. The molecule has 6 atom stereocenters. The predicted molar refractivity (Wildman–Crippen MR) is 148 cm³/mol. The van der Waals surface area contributed by atoms with Gasteiger partial charge in [0.2, 0.25) is 0 Å². The summed E-state index contributed by atoms with van der Waals surface area (Å²) < 4.78 is 25.2. The van der Waals surface area contributed by atoms with Crippen molar-refractivity contribution in [2.24, 2.45) is 0 Å². The molecule has 2 N–H and O–H groups in total. The Morgan fingerprint density at radius 1 is 0.361 bits per heavy atom. The third kappa shape index (κ3) is 13.5. The predicted octanol–water partition coefficient (Wildman–Crippen LogP) is 6.58. The summed E-state index contributed by atoms with van der Waals surface area (Å²) >= 11 is 0. The average molecular weight is 517 g/mol. The first kappa shape index (κ1) is 33.8. The van der Waals surface area contributed by atoms with Crippen molar-refractivity contribution in [1.82, 2.24) is 0 Å². The first-order valence-electron chi connectivity index (χ1n) is 15.4. The molecule has 0 saturated heterocycles. The molecule has 1 fully saturated rings. The molecule has 0 aliphatic heterocycles. The number of ether oxygens (including phenoxy) is 4. The van der Waals surface area contributed by atoms with Crippen molar-refractivity contribution in [2.45, 2.75) is 167 Å². The molecule has 0 unspecified atom stereocenters. The molecule has 0 aromatic heterocycles. The molecular formula is C30H60O6. The van der Waals surface area contributed by atoms with Crippen LogP contribution in [0.5, 0.6) is 0 Å². The van der Waals surface area contributed by atoms with Crippen LogP contribution in [0.1, 0.15) is 130 Å². The third-order valence-corrected chi connectivity index (χ3v) is 7.23. The molecule has 0 radical (unpaired) electrons. The summed E-state index contributed by atoms with van der Waals surface area (Å²) in [6.45, 7) is 11.1. The third-order valence-electron chi connectivity index (χ3n) is 7.23. The fourth-order valence-electron chi connectivity index (χ4n) is 4.91. The minimum absolute atomic E-state index is 0.456. The van der Waals surface area contributed by atoms with Crippen LogP contribution in [-0.2, 0) is 18.9 Å². The molecule has 0 spiro atoms. The Morgan fingerprint density at radius 3 is 0.861 bits per heavy atom. The highest BCUT2D eigenvalue weighted by Crippen LogP contribution is 2.31. The van der Waals surface area contributed by atoms with Crippen LogP contribution < -0.4 is 0 Å². The monoisotopic (exact) mass is 516 g/mol. The maximum Gasteiger partial charge on any atom is 0.115 e. The smallest absolute Gasteiger partial charge is 0.115 e. The van der Waals surface area contributed by atoms with E-state index in [1.807, 2.05) is 0 Å². The molecular weight excluding hydrogens is 456 g/mol. The van der Waals surface area contributed by atoms with Gasteiger partial charge in [-0.15, -0.1) is 0 Å². The van der Waals surface area contributed by atoms with Crippen LogP contribution in [0.4, 0.5) is 0 Å². The van der Waals surface area contributed by atoms with Crippen molar-refractivity contribution >= 4 is 0 Å². The number of rotatable bonds is 24. The van der Waals surface area contributed by atoms with E-state index in [1.54, 1.807) is 0 Å². The van der Waals surface area contributed by atoms with Crippen LogP contribution in [0, 0.1) is 0 Å². The van der Waals surface area contributed by atoms with Gasteiger partial charge in [0.15, 0.2) is 0 Å². The zero-order valence-electron chi connectivity index (χ0n) is 24.1. The van der Waals surface area contributed by atoms with Crippen molar-refractivity contribution in [3.05, 3.63) is 0 Å². The van der Waals surface area contributed by atoms with E-state index in [0.717, 1.165) is 51.4 Å². The lowest BCUT2D eigenvalue weighted by molar-refractivity contribution is -0.266. The number of aliphatic hydroxyl groups excluding tert-OH is 2. The summed E-state index contributed by atoms with van der Waals surface area (Å²) in [7, 11) is 0. The van der Waals surface area contributed by atoms with Crippen LogP contribution in [-0.4, -0.2) is 73.3 Å². The molecule has 1 aliphatic rings. The van der Waals surface area contributed by atoms with E-state index < -0.39 is 36.6 Å². The van der Waals surface area contributed by atoms with Crippen LogP contribution in [0.15, 0.2) is 0 Å². The maximum absolute atomic E-state index is 11.1. The Morgan fingerprint density at radius 2 is 0.611 bits per heavy atom. The van der Waals surface area contributed by atoms with Crippen LogP contribution >= 0.6 is 0 Å². The SMILES string of the molecule is CCCCCCO[C@@H]1[C@@H](OCCCCCC)[C@H](OCCCCCC)[C@@H](O)[C@@H](O)[C@H]1OCCCCCC. The van der Waals surface area contributed by atoms with Gasteiger partial charge in [-0.2, -0.15) is 0 Å². The zero-order valence-corrected chi connectivity index (χ0v) is 24.1. The maximum atomic E-state index is 11.1. The molecule has 0 heterocycles. The van der Waals surface area contributed by atoms with Crippen molar-refractivity contribution in [1.29, 1.82) is 0 Å². The van der Waals surface area contributed by atoms with Gasteiger partial charge >= 0.3 is 0 Å². The van der Waals surface area contributed by atoms with E-state index >= 15 is 0 Å². The Labute approximate surface area is 222 Å². The van der Waals surface area contributed by atoms with Crippen molar-refractivity contribution < 1.29 is 29.2 Å². The first-order chi connectivity index (χ1) is 17.6. The van der Waals surface area contributed by atoms with Gasteiger partial charge in [0, 0.05) is 26.4 Å². The molecule has 1 rings (SSSR count). The Hall–Kier alpha value is -0.240. The van der Waals surface area contributed by atoms with Crippen molar-refractivity contribution in [3.63, 3.8) is 0 Å². The topological polar surface area (TPSA) is 77.4 Å². The van der Waals surface area contributed by atoms with Crippen molar-refractivity contribution in [3.8, 4) is 0 Å². The molecule has 216 valence electrons. The Balaban J connectivity index is 2.94. The summed E-state index contributed by atoms with van der Waals surface area (Å²) in [5.74, 6) is 0. The minimum atomic E-state index is -1.06. The second-order valence-electron chi connectivity index (χ2n) is 10.6. The molecule has 1 aliphatic carbocycles. The summed E-state index contributed by atoms with van der Waals surface area (Å²) in [6, 6.07) is 0. The highest BCUT2D eigenvalue weighted by molar-refractivity contribution is 5.02. The number of hydrogen-bond donors (Lipinski definition) is 2. The summed E-state index contributed by atoms with van der Waals surface area (Å²) in [4.78, 5) is 0. The minimum Gasteiger partial charge on any atom is -0.387 e. The van der Waals surface area contributed by atoms with Crippen LogP contribution in [0.3, 0.4) is 0 Å². The van der Waals surface area contributed by atoms with Gasteiger partial charge in [-0.05, 0) is 25.7 Å². The van der Waals surface area contributed by atoms with E-state index in [9.17, 15) is 10.2 Å². The van der Waals surface area contributed by atoms with Gasteiger partial charge in [-0.1, -0.05) is 105 Å². The van der Waals surface area contributed by atoms with E-state index in [1.165, 1.54) is 51.4 Å². The molecule has 0 bridgehead atoms. The Bertz CT molecular complexity index is 434. The van der Waals surface area contributed by atoms with Gasteiger partial charge in [-0.25, -0.2) is 0 Å². The molecule has 0 aromatic rings. The summed E-state index contributed by atoms with van der Waals surface area (Å²) in [5.41, 5.74) is 0. The Kier molecular flexibility index (Phi) is 21.3.